The van der Waals surface area contributed by atoms with Crippen molar-refractivity contribution in [1.82, 2.24) is 9.78 Å². The summed E-state index contributed by atoms with van der Waals surface area (Å²) in [5, 5.41) is 6.92. The lowest BCUT2D eigenvalue weighted by Gasteiger charge is -2.16. The summed E-state index contributed by atoms with van der Waals surface area (Å²) in [6, 6.07) is 9.26. The Morgan fingerprint density at radius 3 is 2.44 bits per heavy atom. The van der Waals surface area contributed by atoms with Gasteiger partial charge in [-0.15, -0.1) is 23.5 Å². The van der Waals surface area contributed by atoms with Crippen LogP contribution in [0, 0.1) is 0 Å². The van der Waals surface area contributed by atoms with E-state index in [1.807, 2.05) is 49.5 Å². The van der Waals surface area contributed by atoms with Crippen LogP contribution in [0.5, 0.6) is 0 Å². The van der Waals surface area contributed by atoms with Crippen molar-refractivity contribution < 1.29 is 14.3 Å². The number of hydrogen-bond donors (Lipinski definition) is 1. The number of esters is 1. The smallest absolute Gasteiger partial charge is 0.338 e. The molecule has 2 aromatic rings. The zero-order valence-electron chi connectivity index (χ0n) is 15.5. The maximum atomic E-state index is 12.3. The second-order valence-corrected chi connectivity index (χ2v) is 9.21. The number of rotatable bonds is 6. The van der Waals surface area contributed by atoms with Gasteiger partial charge in [-0.25, -0.2) is 9.48 Å². The highest BCUT2D eigenvalue weighted by Crippen LogP contribution is 2.45. The zero-order valence-corrected chi connectivity index (χ0v) is 17.2. The number of carbonyl (C=O) groups is 2. The number of aromatic nitrogens is 2. The lowest BCUT2D eigenvalue weighted by atomic mass is 10.1. The summed E-state index contributed by atoms with van der Waals surface area (Å²) in [5.74, 6) is 1.99. The first-order valence-electron chi connectivity index (χ1n) is 8.84. The first-order chi connectivity index (χ1) is 13.0. The minimum atomic E-state index is -0.909. The third kappa shape index (κ3) is 4.87. The maximum absolute atomic E-state index is 12.3. The van der Waals surface area contributed by atoms with Crippen molar-refractivity contribution in [2.45, 2.75) is 37.5 Å². The molecule has 27 heavy (non-hydrogen) atoms. The molecule has 3 rings (SSSR count). The first kappa shape index (κ1) is 19.8. The van der Waals surface area contributed by atoms with Crippen LogP contribution in [-0.4, -0.2) is 39.3 Å². The van der Waals surface area contributed by atoms with E-state index in [1.54, 1.807) is 36.0 Å². The second kappa shape index (κ2) is 8.84. The highest BCUT2D eigenvalue weighted by Gasteiger charge is 2.22. The Kier molecular flexibility index (Phi) is 6.49. The fourth-order valence-corrected chi connectivity index (χ4v) is 5.52. The SMILES string of the molecule is CC(C)n1nccc1NC(=O)[C@H](C)OC(=O)c1ccc(C2SCCS2)cc1. The zero-order chi connectivity index (χ0) is 19.4. The predicted octanol–water partition coefficient (Wildman–Crippen LogP) is 4.13. The third-order valence-corrected chi connectivity index (χ3v) is 7.21. The molecule has 2 heterocycles. The van der Waals surface area contributed by atoms with Crippen molar-refractivity contribution in [2.24, 2.45) is 0 Å². The van der Waals surface area contributed by atoms with Crippen molar-refractivity contribution >= 4 is 41.2 Å². The summed E-state index contributed by atoms with van der Waals surface area (Å²) in [6.07, 6.45) is 0.711. The summed E-state index contributed by atoms with van der Waals surface area (Å²) >= 11 is 3.83. The van der Waals surface area contributed by atoms with Gasteiger partial charge < -0.3 is 10.1 Å². The number of benzene rings is 1. The Hall–Kier alpha value is -1.93. The van der Waals surface area contributed by atoms with Crippen LogP contribution >= 0.6 is 23.5 Å². The lowest BCUT2D eigenvalue weighted by Crippen LogP contribution is -2.31. The topological polar surface area (TPSA) is 73.2 Å². The maximum Gasteiger partial charge on any atom is 0.338 e. The van der Waals surface area contributed by atoms with E-state index in [9.17, 15) is 9.59 Å². The molecule has 1 atom stereocenters. The Labute approximate surface area is 167 Å². The highest BCUT2D eigenvalue weighted by molar-refractivity contribution is 8.19. The van der Waals surface area contributed by atoms with Gasteiger partial charge in [-0.3, -0.25) is 4.79 Å². The van der Waals surface area contributed by atoms with Gasteiger partial charge in [-0.05, 0) is 38.5 Å². The van der Waals surface area contributed by atoms with Crippen LogP contribution in [0.4, 0.5) is 5.82 Å². The number of carbonyl (C=O) groups excluding carboxylic acids is 2. The minimum Gasteiger partial charge on any atom is -0.449 e. The van der Waals surface area contributed by atoms with E-state index in [0.717, 1.165) is 11.5 Å². The molecule has 1 aromatic heterocycles. The molecule has 0 bridgehead atoms. The highest BCUT2D eigenvalue weighted by atomic mass is 32.2. The van der Waals surface area contributed by atoms with E-state index in [2.05, 4.69) is 10.4 Å². The molecule has 1 aromatic carbocycles. The van der Waals surface area contributed by atoms with E-state index >= 15 is 0 Å². The van der Waals surface area contributed by atoms with E-state index in [-0.39, 0.29) is 11.9 Å². The van der Waals surface area contributed by atoms with Crippen molar-refractivity contribution in [1.29, 1.82) is 0 Å². The predicted molar refractivity (Wildman–Crippen MR) is 110 cm³/mol. The second-order valence-electron chi connectivity index (χ2n) is 6.49. The Morgan fingerprint density at radius 2 is 1.81 bits per heavy atom. The van der Waals surface area contributed by atoms with Crippen molar-refractivity contribution in [3.63, 3.8) is 0 Å². The van der Waals surface area contributed by atoms with Crippen LogP contribution in [0.15, 0.2) is 36.5 Å². The molecular formula is C19H23N3O3S2. The van der Waals surface area contributed by atoms with Crippen molar-refractivity contribution in [2.75, 3.05) is 16.8 Å². The van der Waals surface area contributed by atoms with E-state index in [0.29, 0.717) is 16.0 Å². The van der Waals surface area contributed by atoms with Crippen LogP contribution in [-0.2, 0) is 9.53 Å². The van der Waals surface area contributed by atoms with Crippen LogP contribution in [0.1, 0.15) is 47.3 Å². The van der Waals surface area contributed by atoms with Gasteiger partial charge in [0, 0.05) is 23.6 Å². The lowest BCUT2D eigenvalue weighted by molar-refractivity contribution is -0.123. The summed E-state index contributed by atoms with van der Waals surface area (Å²) < 4.78 is 7.46. The average molecular weight is 406 g/mol. The average Bonchev–Trinajstić information content (AvgIpc) is 3.33. The summed E-state index contributed by atoms with van der Waals surface area (Å²) in [5.41, 5.74) is 1.64. The largest absolute Gasteiger partial charge is 0.449 e. The number of thioether (sulfide) groups is 2. The fraction of sp³-hybridized carbons (Fsp3) is 0.421. The van der Waals surface area contributed by atoms with Gasteiger partial charge in [-0.2, -0.15) is 5.10 Å². The van der Waals surface area contributed by atoms with Gasteiger partial charge in [0.05, 0.1) is 16.3 Å². The molecule has 1 aliphatic rings. The van der Waals surface area contributed by atoms with Crippen LogP contribution < -0.4 is 5.32 Å². The molecule has 1 N–H and O–H groups in total. The van der Waals surface area contributed by atoms with E-state index in [1.165, 1.54) is 5.56 Å². The number of hydrogen-bond acceptors (Lipinski definition) is 6. The van der Waals surface area contributed by atoms with E-state index in [4.69, 9.17) is 4.74 Å². The molecule has 0 unspecified atom stereocenters. The first-order valence-corrected chi connectivity index (χ1v) is 10.9. The number of ether oxygens (including phenoxy) is 1. The van der Waals surface area contributed by atoms with Gasteiger partial charge in [0.2, 0.25) is 0 Å². The van der Waals surface area contributed by atoms with Gasteiger partial charge in [-0.1, -0.05) is 12.1 Å². The van der Waals surface area contributed by atoms with Gasteiger partial charge in [0.15, 0.2) is 6.10 Å². The van der Waals surface area contributed by atoms with Gasteiger partial charge >= 0.3 is 5.97 Å². The fourth-order valence-electron chi connectivity index (χ4n) is 2.66. The number of amides is 1. The Bertz CT molecular complexity index is 799. The molecule has 1 aliphatic heterocycles. The third-order valence-electron chi connectivity index (χ3n) is 4.10. The minimum absolute atomic E-state index is 0.114. The van der Waals surface area contributed by atoms with Crippen molar-refractivity contribution in [3.05, 3.63) is 47.7 Å². The molecule has 1 saturated heterocycles. The molecule has 1 fully saturated rings. The van der Waals surface area contributed by atoms with Crippen LogP contribution in [0.25, 0.3) is 0 Å². The molecule has 0 spiro atoms. The van der Waals surface area contributed by atoms with Crippen molar-refractivity contribution in [3.8, 4) is 0 Å². The van der Waals surface area contributed by atoms with E-state index < -0.39 is 12.1 Å². The number of nitrogens with zero attached hydrogens (tertiary/aromatic N) is 2. The molecule has 6 nitrogen and oxygen atoms in total. The van der Waals surface area contributed by atoms with Gasteiger partial charge in [0.1, 0.15) is 5.82 Å². The Balaban J connectivity index is 1.57. The number of nitrogens with one attached hydrogen (secondary N) is 1. The molecule has 0 saturated carbocycles. The number of anilines is 1. The summed E-state index contributed by atoms with van der Waals surface area (Å²) in [7, 11) is 0. The monoisotopic (exact) mass is 405 g/mol. The molecule has 144 valence electrons. The quantitative estimate of drug-likeness (QED) is 0.729. The van der Waals surface area contributed by atoms with Crippen LogP contribution in [0.3, 0.4) is 0 Å². The van der Waals surface area contributed by atoms with Crippen LogP contribution in [0.2, 0.25) is 0 Å². The Morgan fingerprint density at radius 1 is 1.15 bits per heavy atom. The molecule has 0 aliphatic carbocycles. The normalized spacial score (nSPS) is 15.7. The summed E-state index contributed by atoms with van der Waals surface area (Å²) in [4.78, 5) is 24.7. The molecular weight excluding hydrogens is 382 g/mol. The molecule has 8 heteroatoms. The molecule has 1 amide bonds. The molecule has 0 radical (unpaired) electrons. The summed E-state index contributed by atoms with van der Waals surface area (Å²) in [6.45, 7) is 5.50. The van der Waals surface area contributed by atoms with Gasteiger partial charge in [0.25, 0.3) is 5.91 Å². The standard InChI is InChI=1S/C19H23N3O3S2/c1-12(2)22-16(8-9-20-22)21-17(23)13(3)25-18(24)14-4-6-15(7-5-14)19-26-10-11-27-19/h4-9,12-13,19H,10-11H2,1-3H3,(H,21,23)/t13-/m0/s1.